The summed E-state index contributed by atoms with van der Waals surface area (Å²) in [5, 5.41) is 2.26. The maximum Gasteiger partial charge on any atom is 0.416 e. The molecule has 11 heteroatoms. The van der Waals surface area contributed by atoms with E-state index in [4.69, 9.17) is 0 Å². The Labute approximate surface area is 235 Å². The van der Waals surface area contributed by atoms with Crippen molar-refractivity contribution in [3.63, 3.8) is 0 Å². The van der Waals surface area contributed by atoms with Crippen LogP contribution in [0.15, 0.2) is 73.6 Å². The predicted molar refractivity (Wildman–Crippen MR) is 151 cm³/mol. The molecule has 0 saturated heterocycles. The van der Waals surface area contributed by atoms with Crippen molar-refractivity contribution in [3.05, 3.63) is 107 Å². The van der Waals surface area contributed by atoms with Gasteiger partial charge in [-0.15, -0.1) is 0 Å². The topological polar surface area (TPSA) is 80.3 Å². The van der Waals surface area contributed by atoms with Gasteiger partial charge in [0.1, 0.15) is 11.5 Å². The first-order valence-corrected chi connectivity index (χ1v) is 12.5. The number of alkyl halides is 3. The fourth-order valence-corrected chi connectivity index (χ4v) is 3.97. The predicted octanol–water partition coefficient (Wildman–Crippen LogP) is 5.27. The third-order valence-corrected chi connectivity index (χ3v) is 5.96. The van der Waals surface area contributed by atoms with Crippen LogP contribution < -0.4 is 5.32 Å². The van der Waals surface area contributed by atoms with Crippen LogP contribution in [0, 0.1) is 25.7 Å². The zero-order valence-corrected chi connectivity index (χ0v) is 22.9. The molecule has 0 saturated carbocycles. The molecule has 3 heterocycles. The molecule has 0 aliphatic rings. The number of nitrogens with one attached hydrogen (secondary N) is 1. The van der Waals surface area contributed by atoms with Crippen molar-refractivity contribution in [1.29, 1.82) is 0 Å². The van der Waals surface area contributed by atoms with E-state index < -0.39 is 11.7 Å². The molecule has 0 aliphatic heterocycles. The average molecular weight is 560 g/mol. The molecular weight excluding hydrogens is 531 g/mol. The van der Waals surface area contributed by atoms with Gasteiger partial charge in [-0.05, 0) is 69.3 Å². The molecule has 5 rings (SSSR count). The molecular formula is C30H28F3N7O. The average Bonchev–Trinajstić information content (AvgIpc) is 3.56. The number of nitrogens with zero attached hydrogens (tertiary/aromatic N) is 6. The lowest BCUT2D eigenvalue weighted by atomic mass is 10.1. The number of carbonyl (C=O) groups is 1. The van der Waals surface area contributed by atoms with Crippen LogP contribution in [-0.4, -0.2) is 49.3 Å². The van der Waals surface area contributed by atoms with Crippen molar-refractivity contribution in [1.82, 2.24) is 28.8 Å². The molecule has 0 aliphatic carbocycles. The summed E-state index contributed by atoms with van der Waals surface area (Å²) < 4.78 is 42.5. The molecule has 0 bridgehead atoms. The minimum atomic E-state index is -4.50. The largest absolute Gasteiger partial charge is 0.416 e. The highest BCUT2D eigenvalue weighted by Crippen LogP contribution is 2.33. The lowest BCUT2D eigenvalue weighted by Gasteiger charge is -2.15. The highest BCUT2D eigenvalue weighted by atomic mass is 19.4. The standard InChI is InChI=1S/C16H13N3.C14H15F3N4O/c1-12-3-4-13(2)14(9-12)5-6-15-10-18-16-11-17-7-8-19(15)16;1-20(2)8-13-18-3-4-21(13)12-6-10(14(15,16)17)5-11(7-12)19-9-22/h3-4,7-11H,1-2H3;3-7,9H,8H2,1-2H3,(H,19,22). The number of fused-ring (bicyclic) bond motifs is 1. The van der Waals surface area contributed by atoms with E-state index in [2.05, 4.69) is 64.2 Å². The van der Waals surface area contributed by atoms with Crippen LogP contribution in [0.2, 0.25) is 0 Å². The molecule has 0 fully saturated rings. The van der Waals surface area contributed by atoms with E-state index >= 15 is 0 Å². The molecule has 5 aromatic rings. The number of anilines is 1. The van der Waals surface area contributed by atoms with E-state index in [1.807, 2.05) is 29.6 Å². The van der Waals surface area contributed by atoms with Crippen LogP contribution in [0.3, 0.4) is 0 Å². The van der Waals surface area contributed by atoms with Crippen LogP contribution in [0.4, 0.5) is 18.9 Å². The van der Waals surface area contributed by atoms with Crippen molar-refractivity contribution in [2.45, 2.75) is 26.6 Å². The SMILES string of the molecule is CN(C)Cc1nccn1-c1cc(NC=O)cc(C(F)(F)F)c1.Cc1ccc(C)c(C#Cc2cnc3cnccn23)c1. The molecule has 0 atom stereocenters. The molecule has 210 valence electrons. The van der Waals surface area contributed by atoms with Crippen LogP contribution in [0.1, 0.15) is 33.8 Å². The number of aryl methyl sites for hydroxylation is 2. The molecule has 41 heavy (non-hydrogen) atoms. The molecule has 1 amide bonds. The molecule has 0 radical (unpaired) electrons. The van der Waals surface area contributed by atoms with Gasteiger partial charge in [-0.1, -0.05) is 18.1 Å². The number of rotatable bonds is 5. The Morgan fingerprint density at radius 2 is 1.80 bits per heavy atom. The number of imidazole rings is 2. The Hall–Kier alpha value is -4.95. The number of halogens is 3. The van der Waals surface area contributed by atoms with Gasteiger partial charge in [-0.2, -0.15) is 13.2 Å². The third kappa shape index (κ3) is 7.38. The highest BCUT2D eigenvalue weighted by molar-refractivity contribution is 5.73. The fraction of sp³-hybridized carbons (Fsp3) is 0.200. The van der Waals surface area contributed by atoms with Gasteiger partial charge in [-0.3, -0.25) is 14.2 Å². The molecule has 2 aromatic carbocycles. The summed E-state index contributed by atoms with van der Waals surface area (Å²) in [7, 11) is 3.68. The van der Waals surface area contributed by atoms with Crippen molar-refractivity contribution in [2.24, 2.45) is 0 Å². The Bertz CT molecular complexity index is 1730. The van der Waals surface area contributed by atoms with E-state index in [9.17, 15) is 18.0 Å². The summed E-state index contributed by atoms with van der Waals surface area (Å²) in [6, 6.07) is 9.67. The molecule has 0 unspecified atom stereocenters. The lowest BCUT2D eigenvalue weighted by molar-refractivity contribution is -0.137. The van der Waals surface area contributed by atoms with Crippen molar-refractivity contribution >= 4 is 17.7 Å². The highest BCUT2D eigenvalue weighted by Gasteiger charge is 2.31. The van der Waals surface area contributed by atoms with Crippen molar-refractivity contribution in [3.8, 4) is 17.5 Å². The van der Waals surface area contributed by atoms with Crippen molar-refractivity contribution in [2.75, 3.05) is 19.4 Å². The van der Waals surface area contributed by atoms with Gasteiger partial charge in [-0.25, -0.2) is 9.97 Å². The normalized spacial score (nSPS) is 11.0. The minimum Gasteiger partial charge on any atom is -0.329 e. The summed E-state index contributed by atoms with van der Waals surface area (Å²) >= 11 is 0. The number of hydrogen-bond donors (Lipinski definition) is 1. The van der Waals surface area contributed by atoms with Crippen LogP contribution in [0.25, 0.3) is 11.3 Å². The Balaban J connectivity index is 0.000000191. The number of benzene rings is 2. The second kappa shape index (κ2) is 12.5. The van der Waals surface area contributed by atoms with Gasteiger partial charge < -0.3 is 14.8 Å². The lowest BCUT2D eigenvalue weighted by Crippen LogP contribution is -2.15. The first-order valence-electron chi connectivity index (χ1n) is 12.5. The minimum absolute atomic E-state index is 0.0735. The number of aromatic nitrogens is 5. The monoisotopic (exact) mass is 559 g/mol. The summed E-state index contributed by atoms with van der Waals surface area (Å²) in [6.07, 6.45) is 6.04. The Kier molecular flexibility index (Phi) is 8.84. The quantitative estimate of drug-likeness (QED) is 0.235. The summed E-state index contributed by atoms with van der Waals surface area (Å²) in [5.41, 5.74) is 4.68. The Morgan fingerprint density at radius 1 is 1.00 bits per heavy atom. The fourth-order valence-electron chi connectivity index (χ4n) is 3.97. The van der Waals surface area contributed by atoms with E-state index in [0.29, 0.717) is 18.8 Å². The maximum atomic E-state index is 13.0. The number of carbonyl (C=O) groups excluding carboxylic acids is 1. The summed E-state index contributed by atoms with van der Waals surface area (Å²) in [6.45, 7) is 4.62. The van der Waals surface area contributed by atoms with Gasteiger partial charge >= 0.3 is 6.18 Å². The van der Waals surface area contributed by atoms with Gasteiger partial charge in [0.25, 0.3) is 0 Å². The first kappa shape index (κ1) is 29.0. The Morgan fingerprint density at radius 3 is 2.54 bits per heavy atom. The van der Waals surface area contributed by atoms with Gasteiger partial charge in [0.05, 0.1) is 24.5 Å². The van der Waals surface area contributed by atoms with Crippen LogP contribution in [0.5, 0.6) is 0 Å². The smallest absolute Gasteiger partial charge is 0.329 e. The van der Waals surface area contributed by atoms with Crippen molar-refractivity contribution < 1.29 is 18.0 Å². The van der Waals surface area contributed by atoms with E-state index in [1.54, 1.807) is 29.4 Å². The molecule has 0 spiro atoms. The maximum absolute atomic E-state index is 13.0. The zero-order chi connectivity index (χ0) is 29.6. The van der Waals surface area contributed by atoms with E-state index in [-0.39, 0.29) is 11.4 Å². The van der Waals surface area contributed by atoms with E-state index in [0.717, 1.165) is 29.0 Å². The van der Waals surface area contributed by atoms with Crippen LogP contribution >= 0.6 is 0 Å². The van der Waals surface area contributed by atoms with Crippen LogP contribution in [-0.2, 0) is 17.5 Å². The van der Waals surface area contributed by atoms with Gasteiger partial charge in [0.2, 0.25) is 6.41 Å². The third-order valence-electron chi connectivity index (χ3n) is 5.96. The number of hydrogen-bond acceptors (Lipinski definition) is 5. The molecule has 3 aromatic heterocycles. The summed E-state index contributed by atoms with van der Waals surface area (Å²) in [5.74, 6) is 6.99. The second-order valence-corrected chi connectivity index (χ2v) is 9.50. The second-order valence-electron chi connectivity index (χ2n) is 9.50. The molecule has 1 N–H and O–H groups in total. The summed E-state index contributed by atoms with van der Waals surface area (Å²) in [4.78, 5) is 24.8. The van der Waals surface area contributed by atoms with E-state index in [1.165, 1.54) is 23.4 Å². The van der Waals surface area contributed by atoms with Gasteiger partial charge in [0.15, 0.2) is 5.65 Å². The van der Waals surface area contributed by atoms with Gasteiger partial charge in [0, 0.05) is 41.7 Å². The first-order chi connectivity index (χ1) is 19.5. The zero-order valence-electron chi connectivity index (χ0n) is 22.9. The number of amides is 1. The molecule has 8 nitrogen and oxygen atoms in total.